The molecule has 0 spiro atoms. The maximum atomic E-state index is 12.2. The van der Waals surface area contributed by atoms with Crippen LogP contribution in [0, 0.1) is 0 Å². The van der Waals surface area contributed by atoms with Crippen LogP contribution in [-0.2, 0) is 0 Å². The Bertz CT molecular complexity index is 753. The second-order valence-corrected chi connectivity index (χ2v) is 4.98. The van der Waals surface area contributed by atoms with E-state index in [1.807, 2.05) is 0 Å². The summed E-state index contributed by atoms with van der Waals surface area (Å²) >= 11 is 0. The summed E-state index contributed by atoms with van der Waals surface area (Å²) in [5.74, 6) is -0.836. The molecule has 114 valence electrons. The summed E-state index contributed by atoms with van der Waals surface area (Å²) in [6, 6.07) is 6.86. The number of carbonyl (C=O) groups is 1. The van der Waals surface area contributed by atoms with Crippen LogP contribution in [0.1, 0.15) is 28.4 Å². The number of carbonyl (C=O) groups excluding carboxylic acids is 1. The Morgan fingerprint density at radius 2 is 2.05 bits per heavy atom. The fourth-order valence-electron chi connectivity index (χ4n) is 2.49. The SMILES string of the molecule is COc1cc([C@@H]2CC(=O)c3c([O-])cc(O)cc3O2)ccc1O. The molecule has 0 aliphatic carbocycles. The molecule has 0 amide bonds. The molecule has 1 aliphatic heterocycles. The molecule has 22 heavy (non-hydrogen) atoms. The van der Waals surface area contributed by atoms with Crippen LogP contribution >= 0.6 is 0 Å². The predicted molar refractivity (Wildman–Crippen MR) is 74.5 cm³/mol. The number of aromatic hydroxyl groups is 2. The van der Waals surface area contributed by atoms with Crippen molar-refractivity contribution in [1.82, 2.24) is 0 Å². The molecule has 6 nitrogen and oxygen atoms in total. The molecular weight excluding hydrogens is 288 g/mol. The first-order valence-electron chi connectivity index (χ1n) is 6.60. The first kappa shape index (κ1) is 14.1. The van der Waals surface area contributed by atoms with Crippen molar-refractivity contribution < 1.29 is 29.6 Å². The van der Waals surface area contributed by atoms with Crippen molar-refractivity contribution in [2.24, 2.45) is 0 Å². The molecule has 1 atom stereocenters. The van der Waals surface area contributed by atoms with Gasteiger partial charge in [-0.3, -0.25) is 4.79 Å². The molecule has 0 fully saturated rings. The number of phenols is 2. The van der Waals surface area contributed by atoms with Gasteiger partial charge in [-0.25, -0.2) is 0 Å². The predicted octanol–water partition coefficient (Wildman–Crippen LogP) is 1.89. The minimum absolute atomic E-state index is 0.000937. The average Bonchev–Trinajstić information content (AvgIpc) is 2.46. The molecule has 0 unspecified atom stereocenters. The third kappa shape index (κ3) is 2.28. The number of Topliss-reactive ketones (excluding diaryl/α,β-unsaturated/α-hetero) is 1. The highest BCUT2D eigenvalue weighted by Crippen LogP contribution is 2.41. The van der Waals surface area contributed by atoms with E-state index >= 15 is 0 Å². The summed E-state index contributed by atoms with van der Waals surface area (Å²) in [6.07, 6.45) is -0.614. The van der Waals surface area contributed by atoms with Crippen LogP contribution < -0.4 is 14.6 Å². The van der Waals surface area contributed by atoms with E-state index in [2.05, 4.69) is 0 Å². The Kier molecular flexibility index (Phi) is 3.29. The molecule has 1 aliphatic rings. The zero-order valence-electron chi connectivity index (χ0n) is 11.7. The highest BCUT2D eigenvalue weighted by atomic mass is 16.5. The number of rotatable bonds is 2. The van der Waals surface area contributed by atoms with Gasteiger partial charge < -0.3 is 24.8 Å². The van der Waals surface area contributed by atoms with Crippen LogP contribution in [0.4, 0.5) is 0 Å². The van der Waals surface area contributed by atoms with Crippen LogP contribution in [0.3, 0.4) is 0 Å². The van der Waals surface area contributed by atoms with Gasteiger partial charge in [-0.2, -0.15) is 0 Å². The lowest BCUT2D eigenvalue weighted by atomic mass is 9.95. The number of phenolic OH excluding ortho intramolecular Hbond substituents is 2. The first-order valence-corrected chi connectivity index (χ1v) is 6.60. The fourth-order valence-corrected chi connectivity index (χ4v) is 2.49. The van der Waals surface area contributed by atoms with Gasteiger partial charge in [0.15, 0.2) is 17.3 Å². The fraction of sp³-hybridized carbons (Fsp3) is 0.188. The van der Waals surface area contributed by atoms with Crippen molar-refractivity contribution in [2.45, 2.75) is 12.5 Å². The third-order valence-corrected chi connectivity index (χ3v) is 3.55. The van der Waals surface area contributed by atoms with Crippen molar-refractivity contribution in [1.29, 1.82) is 0 Å². The number of ketones is 1. The molecule has 0 aromatic heterocycles. The van der Waals surface area contributed by atoms with Gasteiger partial charge in [-0.15, -0.1) is 0 Å². The van der Waals surface area contributed by atoms with Crippen molar-refractivity contribution >= 4 is 5.78 Å². The lowest BCUT2D eigenvalue weighted by Gasteiger charge is -2.28. The van der Waals surface area contributed by atoms with E-state index in [0.29, 0.717) is 5.56 Å². The van der Waals surface area contributed by atoms with Gasteiger partial charge in [0.1, 0.15) is 17.6 Å². The number of hydrogen-bond donors (Lipinski definition) is 2. The standard InChI is InChI=1S/C16H14O6/c1-21-14-4-8(2-3-10(14)18)13-7-12(20)16-11(19)5-9(17)6-15(16)22-13/h2-6,13,17-19H,7H2,1H3/p-1/t13-/m0/s1. The first-order chi connectivity index (χ1) is 10.5. The Morgan fingerprint density at radius 3 is 2.77 bits per heavy atom. The molecule has 2 aromatic rings. The smallest absolute Gasteiger partial charge is 0.170 e. The quantitative estimate of drug-likeness (QED) is 0.878. The molecule has 3 rings (SSSR count). The topological polar surface area (TPSA) is 99.1 Å². The van der Waals surface area contributed by atoms with Crippen LogP contribution in [-0.4, -0.2) is 23.1 Å². The summed E-state index contributed by atoms with van der Waals surface area (Å²) in [6.45, 7) is 0. The Hall–Kier alpha value is -2.89. The molecule has 0 bridgehead atoms. The summed E-state index contributed by atoms with van der Waals surface area (Å²) in [7, 11) is 1.42. The number of methoxy groups -OCH3 is 1. The molecule has 1 heterocycles. The van der Waals surface area contributed by atoms with Gasteiger partial charge in [-0.1, -0.05) is 11.8 Å². The van der Waals surface area contributed by atoms with E-state index in [9.17, 15) is 20.1 Å². The third-order valence-electron chi connectivity index (χ3n) is 3.55. The largest absolute Gasteiger partial charge is 0.872 e. The van der Waals surface area contributed by atoms with Gasteiger partial charge in [0, 0.05) is 6.07 Å². The Morgan fingerprint density at radius 1 is 1.27 bits per heavy atom. The van der Waals surface area contributed by atoms with Crippen LogP contribution in [0.5, 0.6) is 28.7 Å². The molecule has 0 saturated heterocycles. The van der Waals surface area contributed by atoms with Gasteiger partial charge >= 0.3 is 0 Å². The minimum Gasteiger partial charge on any atom is -0.872 e. The number of benzene rings is 2. The zero-order valence-corrected chi connectivity index (χ0v) is 11.7. The zero-order chi connectivity index (χ0) is 15.9. The number of hydrogen-bond acceptors (Lipinski definition) is 6. The minimum atomic E-state index is -0.615. The van der Waals surface area contributed by atoms with Gasteiger partial charge in [0.2, 0.25) is 0 Å². The van der Waals surface area contributed by atoms with E-state index in [-0.39, 0.29) is 40.8 Å². The summed E-state index contributed by atoms with van der Waals surface area (Å²) in [4.78, 5) is 12.2. The lowest BCUT2D eigenvalue weighted by molar-refractivity contribution is -0.269. The molecule has 0 saturated carbocycles. The maximum absolute atomic E-state index is 12.2. The molecule has 0 radical (unpaired) electrons. The van der Waals surface area contributed by atoms with Gasteiger partial charge in [-0.05, 0) is 23.8 Å². The second kappa shape index (κ2) is 5.14. The van der Waals surface area contributed by atoms with Crippen molar-refractivity contribution in [3.05, 3.63) is 41.5 Å². The van der Waals surface area contributed by atoms with E-state index in [1.165, 1.54) is 19.2 Å². The second-order valence-electron chi connectivity index (χ2n) is 4.98. The normalized spacial score (nSPS) is 16.8. The van der Waals surface area contributed by atoms with E-state index in [0.717, 1.165) is 6.07 Å². The van der Waals surface area contributed by atoms with Crippen molar-refractivity contribution in [3.63, 3.8) is 0 Å². The average molecular weight is 301 g/mol. The van der Waals surface area contributed by atoms with Crippen LogP contribution in [0.2, 0.25) is 0 Å². The summed E-state index contributed by atoms with van der Waals surface area (Å²) in [5, 5.41) is 30.9. The van der Waals surface area contributed by atoms with E-state index in [1.54, 1.807) is 12.1 Å². The van der Waals surface area contributed by atoms with Crippen molar-refractivity contribution in [3.8, 4) is 28.7 Å². The Balaban J connectivity index is 2.00. The molecular formula is C16H13O6-. The highest BCUT2D eigenvalue weighted by molar-refractivity contribution is 6.02. The maximum Gasteiger partial charge on any atom is 0.170 e. The Labute approximate surface area is 126 Å². The summed E-state index contributed by atoms with van der Waals surface area (Å²) in [5.41, 5.74) is 0.587. The number of fused-ring (bicyclic) bond motifs is 1. The lowest BCUT2D eigenvalue weighted by Crippen LogP contribution is -2.21. The van der Waals surface area contributed by atoms with Gasteiger partial charge in [0.25, 0.3) is 0 Å². The van der Waals surface area contributed by atoms with Crippen LogP contribution in [0.25, 0.3) is 0 Å². The summed E-state index contributed by atoms with van der Waals surface area (Å²) < 4.78 is 10.7. The van der Waals surface area contributed by atoms with E-state index in [4.69, 9.17) is 9.47 Å². The molecule has 2 aromatic carbocycles. The number of ether oxygens (including phenoxy) is 2. The van der Waals surface area contributed by atoms with E-state index < -0.39 is 11.9 Å². The molecule has 6 heteroatoms. The highest BCUT2D eigenvalue weighted by Gasteiger charge is 2.29. The molecule has 2 N–H and O–H groups in total. The van der Waals surface area contributed by atoms with Crippen molar-refractivity contribution in [2.75, 3.05) is 7.11 Å². The van der Waals surface area contributed by atoms with Crippen LogP contribution in [0.15, 0.2) is 30.3 Å². The van der Waals surface area contributed by atoms with Gasteiger partial charge in [0.05, 0.1) is 19.1 Å². The monoisotopic (exact) mass is 301 g/mol.